The average Bonchev–Trinajstić information content (AvgIpc) is 2.71. The highest BCUT2D eigenvalue weighted by Gasteiger charge is 2.17. The van der Waals surface area contributed by atoms with Crippen LogP contribution in [-0.4, -0.2) is 38.7 Å². The van der Waals surface area contributed by atoms with Gasteiger partial charge in [-0.05, 0) is 19.1 Å². The van der Waals surface area contributed by atoms with Gasteiger partial charge in [0.25, 0.3) is 17.0 Å². The molecule has 10 heteroatoms. The van der Waals surface area contributed by atoms with Crippen LogP contribution in [0.2, 0.25) is 0 Å². The number of carbonyl (C=O) groups is 1. The number of nitrogens with one attached hydrogen (secondary N) is 2. The van der Waals surface area contributed by atoms with Crippen LogP contribution in [0.15, 0.2) is 57.4 Å². The molecule has 0 aliphatic heterocycles. The first kappa shape index (κ1) is 19.8. The number of methoxy groups -OCH3 is 1. The molecule has 2 N–H and O–H groups in total. The summed E-state index contributed by atoms with van der Waals surface area (Å²) in [5.74, 6) is -0.368. The topological polar surface area (TPSA) is 128 Å². The Labute approximate surface area is 164 Å². The second-order valence-electron chi connectivity index (χ2n) is 6.15. The number of para-hydroxylation sites is 2. The van der Waals surface area contributed by atoms with Crippen LogP contribution in [0.1, 0.15) is 15.9 Å². The molecule has 29 heavy (non-hydrogen) atoms. The third kappa shape index (κ3) is 4.00. The zero-order valence-corrected chi connectivity index (χ0v) is 15.8. The van der Waals surface area contributed by atoms with Crippen LogP contribution >= 0.6 is 0 Å². The van der Waals surface area contributed by atoms with Gasteiger partial charge < -0.3 is 15.0 Å². The van der Waals surface area contributed by atoms with E-state index >= 15 is 0 Å². The van der Waals surface area contributed by atoms with Gasteiger partial charge >= 0.3 is 5.69 Å². The lowest BCUT2D eigenvalue weighted by Crippen LogP contribution is -2.40. The summed E-state index contributed by atoms with van der Waals surface area (Å²) in [6.07, 6.45) is 3.89. The molecular weight excluding hydrogens is 378 g/mol. The number of benzene rings is 1. The van der Waals surface area contributed by atoms with E-state index in [2.05, 4.69) is 15.3 Å². The van der Waals surface area contributed by atoms with Gasteiger partial charge in [0.1, 0.15) is 11.3 Å². The van der Waals surface area contributed by atoms with E-state index in [0.717, 1.165) is 10.8 Å². The molecule has 2 aromatic heterocycles. The van der Waals surface area contributed by atoms with E-state index in [0.29, 0.717) is 11.3 Å². The van der Waals surface area contributed by atoms with Crippen molar-refractivity contribution < 1.29 is 9.53 Å². The first-order valence-corrected chi connectivity index (χ1v) is 8.71. The van der Waals surface area contributed by atoms with E-state index < -0.39 is 17.2 Å². The van der Waals surface area contributed by atoms with E-state index in [-0.39, 0.29) is 29.9 Å². The van der Waals surface area contributed by atoms with Crippen LogP contribution in [0, 0.1) is 6.92 Å². The molecule has 0 spiro atoms. The van der Waals surface area contributed by atoms with Crippen molar-refractivity contribution in [2.45, 2.75) is 13.5 Å². The number of carbonyl (C=O) groups excluding carboxylic acids is 1. The van der Waals surface area contributed by atoms with Gasteiger partial charge in [0.2, 0.25) is 0 Å². The predicted octanol–water partition coefficient (Wildman–Crippen LogP) is -0.170. The van der Waals surface area contributed by atoms with Crippen LogP contribution < -0.4 is 26.9 Å². The number of aromatic nitrogens is 4. The van der Waals surface area contributed by atoms with Crippen molar-refractivity contribution in [2.24, 2.45) is 0 Å². The number of ether oxygens (including phenoxy) is 1. The zero-order valence-electron chi connectivity index (χ0n) is 15.8. The molecule has 0 bridgehead atoms. The lowest BCUT2D eigenvalue weighted by Gasteiger charge is -2.11. The molecule has 0 saturated heterocycles. The minimum Gasteiger partial charge on any atom is -0.495 e. The molecule has 1 aromatic carbocycles. The fourth-order valence-corrected chi connectivity index (χ4v) is 2.77. The predicted molar refractivity (Wildman–Crippen MR) is 105 cm³/mol. The normalized spacial score (nSPS) is 10.6. The molecule has 0 radical (unpaired) electrons. The minimum absolute atomic E-state index is 0.0943. The summed E-state index contributed by atoms with van der Waals surface area (Å²) in [5.41, 5.74) is -1.24. The first-order valence-electron chi connectivity index (χ1n) is 8.71. The highest BCUT2D eigenvalue weighted by atomic mass is 16.5. The summed E-state index contributed by atoms with van der Waals surface area (Å²) >= 11 is 0. The number of nitrogens with zero attached hydrogens (tertiary/aromatic N) is 3. The Morgan fingerprint density at radius 2 is 1.97 bits per heavy atom. The third-order valence-electron chi connectivity index (χ3n) is 4.26. The van der Waals surface area contributed by atoms with E-state index in [1.54, 1.807) is 25.1 Å². The largest absolute Gasteiger partial charge is 0.495 e. The van der Waals surface area contributed by atoms with Gasteiger partial charge in [-0.2, -0.15) is 0 Å². The van der Waals surface area contributed by atoms with E-state index in [1.807, 2.05) is 0 Å². The van der Waals surface area contributed by atoms with Crippen molar-refractivity contribution in [2.75, 3.05) is 13.7 Å². The number of aromatic amines is 1. The van der Waals surface area contributed by atoms with Gasteiger partial charge in [0.05, 0.1) is 19.1 Å². The Kier molecular flexibility index (Phi) is 5.72. The number of hydrogen-bond donors (Lipinski definition) is 2. The van der Waals surface area contributed by atoms with Gasteiger partial charge in [-0.1, -0.05) is 12.1 Å². The maximum absolute atomic E-state index is 12.8. The number of rotatable bonds is 6. The van der Waals surface area contributed by atoms with Crippen molar-refractivity contribution in [3.63, 3.8) is 0 Å². The Balaban J connectivity index is 1.85. The SMILES string of the molecule is COc1ccccc1-n1c(=O)[nH]cc(C(=O)NCCn2cncc(C)c2=O)c1=O. The third-order valence-corrected chi connectivity index (χ3v) is 4.26. The summed E-state index contributed by atoms with van der Waals surface area (Å²) in [6.45, 7) is 1.92. The number of amides is 1. The van der Waals surface area contributed by atoms with Crippen LogP contribution in [0.4, 0.5) is 0 Å². The summed E-state index contributed by atoms with van der Waals surface area (Å²) in [7, 11) is 1.41. The number of H-pyrrole nitrogens is 1. The molecule has 3 rings (SSSR count). The van der Waals surface area contributed by atoms with Crippen LogP contribution in [0.25, 0.3) is 5.69 Å². The average molecular weight is 397 g/mol. The zero-order chi connectivity index (χ0) is 21.0. The molecule has 0 fully saturated rings. The molecule has 0 atom stereocenters. The number of aryl methyl sites for hydroxylation is 1. The molecule has 1 amide bonds. The second-order valence-corrected chi connectivity index (χ2v) is 6.15. The molecule has 3 aromatic rings. The standard InChI is InChI=1S/C19H19N5O5/c1-12-9-20-11-23(17(12)26)8-7-21-16(25)13-10-22-19(28)24(18(13)27)14-5-3-4-6-15(14)29-2/h3-6,9-11H,7-8H2,1-2H3,(H,21,25)(H,22,28). The highest BCUT2D eigenvalue weighted by molar-refractivity contribution is 5.93. The Morgan fingerprint density at radius 1 is 1.21 bits per heavy atom. The highest BCUT2D eigenvalue weighted by Crippen LogP contribution is 2.19. The molecule has 0 saturated carbocycles. The minimum atomic E-state index is -0.787. The molecule has 2 heterocycles. The second kappa shape index (κ2) is 8.38. The van der Waals surface area contributed by atoms with Crippen molar-refractivity contribution in [3.05, 3.63) is 85.3 Å². The molecule has 10 nitrogen and oxygen atoms in total. The smallest absolute Gasteiger partial charge is 0.333 e. The summed E-state index contributed by atoms with van der Waals surface area (Å²) < 4.78 is 7.39. The van der Waals surface area contributed by atoms with E-state index in [9.17, 15) is 19.2 Å². The lowest BCUT2D eigenvalue weighted by molar-refractivity contribution is 0.0949. The Morgan fingerprint density at radius 3 is 2.72 bits per heavy atom. The molecule has 0 unspecified atom stereocenters. The van der Waals surface area contributed by atoms with Gasteiger partial charge in [-0.15, -0.1) is 0 Å². The summed E-state index contributed by atoms with van der Waals surface area (Å²) in [4.78, 5) is 55.8. The molecule has 0 aliphatic rings. The Bertz CT molecular complexity index is 1220. The summed E-state index contributed by atoms with van der Waals surface area (Å²) in [5, 5.41) is 2.57. The van der Waals surface area contributed by atoms with Crippen molar-refractivity contribution in [1.29, 1.82) is 0 Å². The van der Waals surface area contributed by atoms with Crippen molar-refractivity contribution in [3.8, 4) is 11.4 Å². The maximum atomic E-state index is 12.8. The molecular formula is C19H19N5O5. The first-order chi connectivity index (χ1) is 13.9. The molecule has 150 valence electrons. The maximum Gasteiger partial charge on any atom is 0.333 e. The van der Waals surface area contributed by atoms with Crippen molar-refractivity contribution >= 4 is 5.91 Å². The van der Waals surface area contributed by atoms with E-state index in [4.69, 9.17) is 4.74 Å². The summed E-state index contributed by atoms with van der Waals surface area (Å²) in [6, 6.07) is 6.47. The monoisotopic (exact) mass is 397 g/mol. The van der Waals surface area contributed by atoms with Crippen LogP contribution in [0.3, 0.4) is 0 Å². The van der Waals surface area contributed by atoms with Gasteiger partial charge in [-0.3, -0.25) is 19.0 Å². The van der Waals surface area contributed by atoms with Gasteiger partial charge in [0.15, 0.2) is 0 Å². The van der Waals surface area contributed by atoms with Gasteiger partial charge in [-0.25, -0.2) is 14.3 Å². The van der Waals surface area contributed by atoms with Crippen LogP contribution in [0.5, 0.6) is 5.75 Å². The van der Waals surface area contributed by atoms with Crippen LogP contribution in [-0.2, 0) is 6.54 Å². The van der Waals surface area contributed by atoms with E-state index in [1.165, 1.54) is 30.3 Å². The van der Waals surface area contributed by atoms with Crippen molar-refractivity contribution in [1.82, 2.24) is 24.4 Å². The number of hydrogen-bond acceptors (Lipinski definition) is 6. The molecule has 0 aliphatic carbocycles. The van der Waals surface area contributed by atoms with Gasteiger partial charge in [0, 0.05) is 31.0 Å². The quantitative estimate of drug-likeness (QED) is 0.594. The lowest BCUT2D eigenvalue weighted by atomic mass is 10.2. The fourth-order valence-electron chi connectivity index (χ4n) is 2.77. The Hall–Kier alpha value is -3.95. The fraction of sp³-hybridized carbons (Fsp3) is 0.211.